The maximum atomic E-state index is 12.6. The molecule has 0 atom stereocenters. The van der Waals surface area contributed by atoms with Gasteiger partial charge in [-0.05, 0) is 36.1 Å². The average Bonchev–Trinajstić information content (AvgIpc) is 3.00. The molecular weight excluding hydrogens is 332 g/mol. The Morgan fingerprint density at radius 1 is 1.20 bits per heavy atom. The van der Waals surface area contributed by atoms with Crippen LogP contribution in [0.25, 0.3) is 0 Å². The first-order valence-corrected chi connectivity index (χ1v) is 9.54. The summed E-state index contributed by atoms with van der Waals surface area (Å²) in [6.07, 6.45) is 4.69. The van der Waals surface area contributed by atoms with E-state index in [-0.39, 0.29) is 5.91 Å². The first-order valence-electron chi connectivity index (χ1n) is 9.16. The molecule has 0 bridgehead atoms. The van der Waals surface area contributed by atoms with Crippen LogP contribution < -0.4 is 0 Å². The highest BCUT2D eigenvalue weighted by atomic mass is 35.5. The Balaban J connectivity index is 2.13. The zero-order chi connectivity index (χ0) is 18.2. The summed E-state index contributed by atoms with van der Waals surface area (Å²) in [7, 11) is 0. The van der Waals surface area contributed by atoms with E-state index in [2.05, 4.69) is 37.6 Å². The molecule has 0 saturated carbocycles. The summed E-state index contributed by atoms with van der Waals surface area (Å²) in [5, 5.41) is 0.778. The van der Waals surface area contributed by atoms with Crippen molar-refractivity contribution < 1.29 is 4.79 Å². The van der Waals surface area contributed by atoms with E-state index in [4.69, 9.17) is 11.6 Å². The van der Waals surface area contributed by atoms with Gasteiger partial charge in [0.25, 0.3) is 0 Å². The van der Waals surface area contributed by atoms with Crippen LogP contribution in [-0.4, -0.2) is 21.9 Å². The van der Waals surface area contributed by atoms with Crippen LogP contribution in [0, 0.1) is 5.92 Å². The first kappa shape index (κ1) is 19.6. The van der Waals surface area contributed by atoms with E-state index in [1.54, 1.807) is 0 Å². The van der Waals surface area contributed by atoms with E-state index >= 15 is 0 Å². The fraction of sp³-hybridized carbons (Fsp3) is 0.476. The molecule has 0 aliphatic carbocycles. The molecular formula is C21H29ClN2O. The molecule has 0 N–H and O–H groups in total. The second kappa shape index (κ2) is 9.67. The number of amides is 1. The van der Waals surface area contributed by atoms with Gasteiger partial charge >= 0.3 is 0 Å². The predicted octanol–water partition coefficient (Wildman–Crippen LogP) is 5.36. The van der Waals surface area contributed by atoms with Gasteiger partial charge in [-0.1, -0.05) is 57.0 Å². The lowest BCUT2D eigenvalue weighted by molar-refractivity contribution is -0.132. The Labute approximate surface area is 156 Å². The maximum Gasteiger partial charge on any atom is 0.222 e. The summed E-state index contributed by atoms with van der Waals surface area (Å²) < 4.78 is 2.18. The molecule has 0 unspecified atom stereocenters. The Morgan fingerprint density at radius 3 is 2.64 bits per heavy atom. The lowest BCUT2D eigenvalue weighted by Crippen LogP contribution is -2.34. The van der Waals surface area contributed by atoms with Gasteiger partial charge in [-0.25, -0.2) is 0 Å². The Morgan fingerprint density at radius 2 is 1.96 bits per heavy atom. The quantitative estimate of drug-likeness (QED) is 0.590. The number of hydrogen-bond acceptors (Lipinski definition) is 1. The molecule has 3 nitrogen and oxygen atoms in total. The zero-order valence-corrected chi connectivity index (χ0v) is 16.3. The maximum absolute atomic E-state index is 12.6. The highest BCUT2D eigenvalue weighted by Crippen LogP contribution is 2.18. The molecule has 0 radical (unpaired) electrons. The minimum Gasteiger partial charge on any atom is -0.345 e. The fourth-order valence-electron chi connectivity index (χ4n) is 2.93. The summed E-state index contributed by atoms with van der Waals surface area (Å²) >= 11 is 6.30. The number of benzene rings is 1. The van der Waals surface area contributed by atoms with Crippen LogP contribution in [0.2, 0.25) is 5.02 Å². The van der Waals surface area contributed by atoms with Crippen molar-refractivity contribution in [1.82, 2.24) is 9.47 Å². The standard InChI is InChI=1S/C21H29ClN2O/c1-4-5-12-21(25)24(14-17(2)3)16-19-10-8-13-23(19)15-18-9-6-7-11-20(18)22/h6-11,13,17H,4-5,12,14-16H2,1-3H3. The number of rotatable bonds is 9. The van der Waals surface area contributed by atoms with Crippen LogP contribution in [-0.2, 0) is 17.9 Å². The molecule has 0 aliphatic rings. The molecule has 0 fully saturated rings. The molecule has 0 aliphatic heterocycles. The zero-order valence-electron chi connectivity index (χ0n) is 15.5. The van der Waals surface area contributed by atoms with Crippen LogP contribution in [0.1, 0.15) is 51.3 Å². The first-order chi connectivity index (χ1) is 12.0. The van der Waals surface area contributed by atoms with Gasteiger partial charge in [0, 0.05) is 36.4 Å². The van der Waals surface area contributed by atoms with Gasteiger partial charge in [-0.3, -0.25) is 4.79 Å². The van der Waals surface area contributed by atoms with Crippen LogP contribution in [0.15, 0.2) is 42.6 Å². The van der Waals surface area contributed by atoms with Crippen molar-refractivity contribution in [3.8, 4) is 0 Å². The molecule has 1 aromatic carbocycles. The Kier molecular flexibility index (Phi) is 7.57. The molecule has 1 heterocycles. The molecule has 1 aromatic heterocycles. The number of hydrogen-bond donors (Lipinski definition) is 0. The normalized spacial score (nSPS) is 11.1. The highest BCUT2D eigenvalue weighted by molar-refractivity contribution is 6.31. The number of carbonyl (C=O) groups is 1. The summed E-state index contributed by atoms with van der Waals surface area (Å²) in [6.45, 7) is 8.60. The van der Waals surface area contributed by atoms with Crippen LogP contribution in [0.3, 0.4) is 0 Å². The Bertz CT molecular complexity index is 678. The van der Waals surface area contributed by atoms with E-state index in [1.165, 1.54) is 0 Å². The van der Waals surface area contributed by atoms with Gasteiger partial charge < -0.3 is 9.47 Å². The van der Waals surface area contributed by atoms with Crippen molar-refractivity contribution in [2.75, 3.05) is 6.54 Å². The number of unbranched alkanes of at least 4 members (excludes halogenated alkanes) is 1. The monoisotopic (exact) mass is 360 g/mol. The van der Waals surface area contributed by atoms with E-state index in [1.807, 2.05) is 35.2 Å². The summed E-state index contributed by atoms with van der Waals surface area (Å²) in [4.78, 5) is 14.6. The number of carbonyl (C=O) groups excluding carboxylic acids is 1. The smallest absolute Gasteiger partial charge is 0.222 e. The van der Waals surface area contributed by atoms with Crippen molar-refractivity contribution >= 4 is 17.5 Å². The molecule has 2 rings (SSSR count). The third-order valence-electron chi connectivity index (χ3n) is 4.26. The van der Waals surface area contributed by atoms with Crippen LogP contribution in [0.4, 0.5) is 0 Å². The third kappa shape index (κ3) is 5.93. The number of nitrogens with zero attached hydrogens (tertiary/aromatic N) is 2. The second-order valence-electron chi connectivity index (χ2n) is 6.99. The number of aromatic nitrogens is 1. The summed E-state index contributed by atoms with van der Waals surface area (Å²) in [5.74, 6) is 0.707. The molecule has 25 heavy (non-hydrogen) atoms. The fourth-order valence-corrected chi connectivity index (χ4v) is 3.13. The second-order valence-corrected chi connectivity index (χ2v) is 7.40. The average molecular weight is 361 g/mol. The van der Waals surface area contributed by atoms with Crippen molar-refractivity contribution in [2.45, 2.75) is 53.1 Å². The molecule has 0 saturated heterocycles. The Hall–Kier alpha value is -1.74. The molecule has 4 heteroatoms. The van der Waals surface area contributed by atoms with E-state index in [0.717, 1.165) is 42.2 Å². The van der Waals surface area contributed by atoms with Gasteiger partial charge in [-0.15, -0.1) is 0 Å². The van der Waals surface area contributed by atoms with Crippen molar-refractivity contribution in [3.63, 3.8) is 0 Å². The van der Waals surface area contributed by atoms with Crippen molar-refractivity contribution in [3.05, 3.63) is 58.9 Å². The SMILES string of the molecule is CCCCC(=O)N(Cc1cccn1Cc1ccccc1Cl)CC(C)C. The molecule has 0 spiro atoms. The summed E-state index contributed by atoms with van der Waals surface area (Å²) in [5.41, 5.74) is 2.24. The van der Waals surface area contributed by atoms with Gasteiger partial charge in [0.15, 0.2) is 0 Å². The van der Waals surface area contributed by atoms with Gasteiger partial charge in [0.05, 0.1) is 6.54 Å². The lowest BCUT2D eigenvalue weighted by Gasteiger charge is -2.25. The molecule has 2 aromatic rings. The van der Waals surface area contributed by atoms with E-state index in [9.17, 15) is 4.79 Å². The van der Waals surface area contributed by atoms with E-state index in [0.29, 0.717) is 18.9 Å². The van der Waals surface area contributed by atoms with Gasteiger partial charge in [-0.2, -0.15) is 0 Å². The summed E-state index contributed by atoms with van der Waals surface area (Å²) in [6, 6.07) is 12.0. The molecule has 1 amide bonds. The molecule has 136 valence electrons. The van der Waals surface area contributed by atoms with E-state index < -0.39 is 0 Å². The lowest BCUT2D eigenvalue weighted by atomic mass is 10.1. The highest BCUT2D eigenvalue weighted by Gasteiger charge is 2.16. The van der Waals surface area contributed by atoms with Crippen LogP contribution >= 0.6 is 11.6 Å². The topological polar surface area (TPSA) is 25.2 Å². The van der Waals surface area contributed by atoms with Crippen molar-refractivity contribution in [2.24, 2.45) is 5.92 Å². The number of halogens is 1. The minimum atomic E-state index is 0.251. The van der Waals surface area contributed by atoms with Crippen molar-refractivity contribution in [1.29, 1.82) is 0 Å². The van der Waals surface area contributed by atoms with Gasteiger partial charge in [0.1, 0.15) is 0 Å². The predicted molar refractivity (Wildman–Crippen MR) is 105 cm³/mol. The largest absolute Gasteiger partial charge is 0.345 e. The third-order valence-corrected chi connectivity index (χ3v) is 4.63. The van der Waals surface area contributed by atoms with Gasteiger partial charge in [0.2, 0.25) is 5.91 Å². The van der Waals surface area contributed by atoms with Crippen LogP contribution in [0.5, 0.6) is 0 Å². The minimum absolute atomic E-state index is 0.251.